The summed E-state index contributed by atoms with van der Waals surface area (Å²) in [6, 6.07) is 2.16. The first-order valence-electron chi connectivity index (χ1n) is 5.68. The lowest BCUT2D eigenvalue weighted by atomic mass is 9.85. The van der Waals surface area contributed by atoms with Gasteiger partial charge in [0.25, 0.3) is 0 Å². The van der Waals surface area contributed by atoms with Crippen molar-refractivity contribution in [1.82, 2.24) is 10.6 Å². The molecule has 86 valence electrons. The number of hydrogen-bond donors (Lipinski definition) is 4. The monoisotopic (exact) mass is 219 g/mol. The Morgan fingerprint density at radius 1 is 1.62 bits per heavy atom. The third kappa shape index (κ3) is 1.96. The molecule has 0 radical (unpaired) electrons. The minimum Gasteiger partial charge on any atom is -0.385 e. The number of nitrogens with zero attached hydrogens (tertiary/aromatic N) is 1. The summed E-state index contributed by atoms with van der Waals surface area (Å²) in [6.07, 6.45) is 3.79. The van der Waals surface area contributed by atoms with Gasteiger partial charge in [0, 0.05) is 13.1 Å². The van der Waals surface area contributed by atoms with E-state index in [0.29, 0.717) is 29.7 Å². The van der Waals surface area contributed by atoms with E-state index < -0.39 is 0 Å². The Hall–Kier alpha value is -1.70. The number of nitrogens with one attached hydrogen (secondary N) is 3. The quantitative estimate of drug-likeness (QED) is 0.404. The molecule has 5 N–H and O–H groups in total. The molecule has 1 atom stereocenters. The van der Waals surface area contributed by atoms with E-state index in [1.54, 1.807) is 0 Å². The van der Waals surface area contributed by atoms with E-state index in [4.69, 9.17) is 16.4 Å². The number of rotatable bonds is 3. The Morgan fingerprint density at radius 3 is 2.94 bits per heavy atom. The van der Waals surface area contributed by atoms with Gasteiger partial charge in [-0.2, -0.15) is 5.26 Å². The maximum Gasteiger partial charge on any atom is 0.126 e. The highest BCUT2D eigenvalue weighted by atomic mass is 15.0. The lowest BCUT2D eigenvalue weighted by Crippen LogP contribution is -2.34. The zero-order valence-electron chi connectivity index (χ0n) is 9.21. The van der Waals surface area contributed by atoms with Gasteiger partial charge in [0.15, 0.2) is 0 Å². The van der Waals surface area contributed by atoms with E-state index in [1.165, 1.54) is 19.3 Å². The molecule has 0 aromatic carbocycles. The van der Waals surface area contributed by atoms with E-state index in [-0.39, 0.29) is 5.92 Å². The van der Waals surface area contributed by atoms with Crippen LogP contribution in [0, 0.1) is 28.6 Å². The fourth-order valence-electron chi connectivity index (χ4n) is 2.05. The first-order valence-corrected chi connectivity index (χ1v) is 5.68. The summed E-state index contributed by atoms with van der Waals surface area (Å²) in [5, 5.41) is 22.8. The van der Waals surface area contributed by atoms with Crippen LogP contribution in [0.15, 0.2) is 11.4 Å². The molecule has 16 heavy (non-hydrogen) atoms. The molecule has 0 spiro atoms. The Labute approximate surface area is 95.2 Å². The van der Waals surface area contributed by atoms with Crippen molar-refractivity contribution in [2.45, 2.75) is 19.3 Å². The lowest BCUT2D eigenvalue weighted by molar-refractivity contribution is 0.315. The van der Waals surface area contributed by atoms with Crippen LogP contribution in [0.25, 0.3) is 0 Å². The Morgan fingerprint density at radius 2 is 2.38 bits per heavy atom. The van der Waals surface area contributed by atoms with Gasteiger partial charge in [-0.05, 0) is 18.8 Å². The van der Waals surface area contributed by atoms with Crippen molar-refractivity contribution in [2.75, 3.05) is 13.1 Å². The van der Waals surface area contributed by atoms with E-state index in [1.807, 2.05) is 0 Å². The van der Waals surface area contributed by atoms with Crippen molar-refractivity contribution in [3.8, 4) is 6.07 Å². The Balaban J connectivity index is 1.92. The van der Waals surface area contributed by atoms with Crippen molar-refractivity contribution < 1.29 is 0 Å². The molecule has 2 rings (SSSR count). The number of hydrogen-bond acceptors (Lipinski definition) is 4. The average Bonchev–Trinajstić information content (AvgIpc) is 2.57. The fraction of sp³-hybridized carbons (Fsp3) is 0.636. The molecule has 1 heterocycles. The molecule has 0 bridgehead atoms. The zero-order valence-corrected chi connectivity index (χ0v) is 9.21. The largest absolute Gasteiger partial charge is 0.385 e. The van der Waals surface area contributed by atoms with Crippen molar-refractivity contribution in [2.24, 2.45) is 17.6 Å². The van der Waals surface area contributed by atoms with Crippen LogP contribution in [-0.2, 0) is 0 Å². The molecule has 0 aromatic rings. The average molecular weight is 219 g/mol. The SMILES string of the molecule is N#CC1CNC(N)=C1C(=N)NCC1CCC1. The normalized spacial score (nSPS) is 24.6. The van der Waals surface area contributed by atoms with Crippen LogP contribution in [0.4, 0.5) is 0 Å². The number of nitriles is 1. The molecule has 1 saturated carbocycles. The van der Waals surface area contributed by atoms with Crippen molar-refractivity contribution in [1.29, 1.82) is 10.7 Å². The molecule has 5 heteroatoms. The van der Waals surface area contributed by atoms with Gasteiger partial charge in [0.05, 0.1) is 17.6 Å². The summed E-state index contributed by atoms with van der Waals surface area (Å²) in [6.45, 7) is 1.35. The molecule has 1 unspecified atom stereocenters. The molecule has 0 amide bonds. The second-order valence-corrected chi connectivity index (χ2v) is 4.44. The van der Waals surface area contributed by atoms with E-state index in [2.05, 4.69) is 16.7 Å². The van der Waals surface area contributed by atoms with Gasteiger partial charge in [-0.1, -0.05) is 6.42 Å². The summed E-state index contributed by atoms with van der Waals surface area (Å²) in [5.74, 6) is 1.18. The highest BCUT2D eigenvalue weighted by molar-refractivity contribution is 5.97. The Bertz CT molecular complexity index is 361. The van der Waals surface area contributed by atoms with Gasteiger partial charge in [0.1, 0.15) is 11.7 Å². The minimum absolute atomic E-state index is 0.290. The highest BCUT2D eigenvalue weighted by Gasteiger charge is 2.27. The topological polar surface area (TPSA) is 97.7 Å². The standard InChI is InChI=1S/C11H17N5/c12-4-8-6-16-11(14)9(8)10(13)15-5-7-2-1-3-7/h7-8,16H,1-3,5-6,14H2,(H2,13,15). The van der Waals surface area contributed by atoms with Crippen LogP contribution in [0.2, 0.25) is 0 Å². The second-order valence-electron chi connectivity index (χ2n) is 4.44. The van der Waals surface area contributed by atoms with Crippen LogP contribution in [0.1, 0.15) is 19.3 Å². The third-order valence-corrected chi connectivity index (χ3v) is 3.35. The van der Waals surface area contributed by atoms with Gasteiger partial charge in [-0.25, -0.2) is 0 Å². The summed E-state index contributed by atoms with van der Waals surface area (Å²) in [7, 11) is 0. The van der Waals surface area contributed by atoms with Crippen LogP contribution in [0.3, 0.4) is 0 Å². The molecule has 1 aliphatic heterocycles. The first kappa shape index (κ1) is 10.8. The first-order chi connectivity index (χ1) is 7.72. The van der Waals surface area contributed by atoms with Crippen LogP contribution in [0.5, 0.6) is 0 Å². The summed E-state index contributed by atoms with van der Waals surface area (Å²) >= 11 is 0. The van der Waals surface area contributed by atoms with E-state index in [0.717, 1.165) is 6.54 Å². The van der Waals surface area contributed by atoms with Crippen molar-refractivity contribution in [3.63, 3.8) is 0 Å². The van der Waals surface area contributed by atoms with Crippen LogP contribution in [-0.4, -0.2) is 18.9 Å². The molecule has 2 aliphatic rings. The predicted molar refractivity (Wildman–Crippen MR) is 61.4 cm³/mol. The highest BCUT2D eigenvalue weighted by Crippen LogP contribution is 2.25. The van der Waals surface area contributed by atoms with E-state index in [9.17, 15) is 0 Å². The smallest absolute Gasteiger partial charge is 0.126 e. The maximum absolute atomic E-state index is 8.93. The van der Waals surface area contributed by atoms with Crippen LogP contribution < -0.4 is 16.4 Å². The van der Waals surface area contributed by atoms with E-state index >= 15 is 0 Å². The second kappa shape index (κ2) is 4.44. The van der Waals surface area contributed by atoms with Crippen molar-refractivity contribution in [3.05, 3.63) is 11.4 Å². The molecular weight excluding hydrogens is 202 g/mol. The Kier molecular flexibility index (Phi) is 3.00. The van der Waals surface area contributed by atoms with Gasteiger partial charge in [-0.15, -0.1) is 0 Å². The summed E-state index contributed by atoms with van der Waals surface area (Å²) in [5.41, 5.74) is 6.36. The maximum atomic E-state index is 8.93. The molecule has 1 fully saturated rings. The zero-order chi connectivity index (χ0) is 11.5. The summed E-state index contributed by atoms with van der Waals surface area (Å²) in [4.78, 5) is 0. The molecule has 5 nitrogen and oxygen atoms in total. The van der Waals surface area contributed by atoms with Gasteiger partial charge < -0.3 is 16.4 Å². The number of nitrogens with two attached hydrogens (primary N) is 1. The van der Waals surface area contributed by atoms with Crippen molar-refractivity contribution >= 4 is 5.84 Å². The van der Waals surface area contributed by atoms with Gasteiger partial charge in [-0.3, -0.25) is 5.41 Å². The number of amidine groups is 1. The molecule has 0 saturated heterocycles. The van der Waals surface area contributed by atoms with Crippen LogP contribution >= 0.6 is 0 Å². The fourth-order valence-corrected chi connectivity index (χ4v) is 2.05. The predicted octanol–water partition coefficient (Wildman–Crippen LogP) is 0.267. The van der Waals surface area contributed by atoms with Gasteiger partial charge in [0.2, 0.25) is 0 Å². The summed E-state index contributed by atoms with van der Waals surface area (Å²) < 4.78 is 0. The lowest BCUT2D eigenvalue weighted by Gasteiger charge is -2.26. The van der Waals surface area contributed by atoms with Gasteiger partial charge >= 0.3 is 0 Å². The third-order valence-electron chi connectivity index (χ3n) is 3.35. The molecule has 0 aromatic heterocycles. The molecular formula is C11H17N5. The molecule has 1 aliphatic carbocycles. The minimum atomic E-state index is -0.290.